The number of carbonyl (C=O) groups excluding carboxylic acids is 1. The first-order valence-corrected chi connectivity index (χ1v) is 8.34. The lowest BCUT2D eigenvalue weighted by Gasteiger charge is -2.25. The van der Waals surface area contributed by atoms with Crippen molar-refractivity contribution in [1.29, 1.82) is 0 Å². The van der Waals surface area contributed by atoms with Gasteiger partial charge in [0.15, 0.2) is 0 Å². The van der Waals surface area contributed by atoms with Gasteiger partial charge in [0.1, 0.15) is 0 Å². The van der Waals surface area contributed by atoms with Crippen molar-refractivity contribution >= 4 is 5.91 Å². The Morgan fingerprint density at radius 3 is 2.58 bits per heavy atom. The Morgan fingerprint density at radius 1 is 1.33 bits per heavy atom. The summed E-state index contributed by atoms with van der Waals surface area (Å²) < 4.78 is 7.46. The number of benzene rings is 1. The third-order valence-corrected chi connectivity index (χ3v) is 4.66. The topological polar surface area (TPSA) is 56.2 Å². The zero-order valence-corrected chi connectivity index (χ0v) is 14.8. The van der Waals surface area contributed by atoms with Gasteiger partial charge in [0.2, 0.25) is 0 Å². The molecular weight excluding hydrogens is 302 g/mol. The summed E-state index contributed by atoms with van der Waals surface area (Å²) in [5.74, 6) is -0.0451. The first-order valence-electron chi connectivity index (χ1n) is 8.34. The molecule has 1 amide bonds. The fourth-order valence-corrected chi connectivity index (χ4v) is 3.01. The van der Waals surface area contributed by atoms with Crippen LogP contribution in [-0.2, 0) is 11.3 Å². The standard InChI is InChI=1S/C19H25N3O2/c1-13-9-14(2)22(21-13)10-15-5-7-16(8-6-15)18(23)20-17-11-24-12-19(17,3)4/h5-9,17H,10-12H2,1-4H3,(H,20,23). The van der Waals surface area contributed by atoms with Crippen LogP contribution in [0.2, 0.25) is 0 Å². The van der Waals surface area contributed by atoms with Crippen molar-refractivity contribution < 1.29 is 9.53 Å². The van der Waals surface area contributed by atoms with E-state index in [9.17, 15) is 4.79 Å². The smallest absolute Gasteiger partial charge is 0.251 e. The number of carbonyl (C=O) groups is 1. The minimum absolute atomic E-state index is 0.0227. The summed E-state index contributed by atoms with van der Waals surface area (Å²) in [5.41, 5.74) is 3.94. The monoisotopic (exact) mass is 327 g/mol. The van der Waals surface area contributed by atoms with Crippen LogP contribution in [0.4, 0.5) is 0 Å². The van der Waals surface area contributed by atoms with Gasteiger partial charge in [-0.1, -0.05) is 26.0 Å². The van der Waals surface area contributed by atoms with E-state index >= 15 is 0 Å². The second-order valence-electron chi connectivity index (χ2n) is 7.31. The predicted molar refractivity (Wildman–Crippen MR) is 93.1 cm³/mol. The molecule has 2 heterocycles. The molecular formula is C19H25N3O2. The maximum Gasteiger partial charge on any atom is 0.251 e. The van der Waals surface area contributed by atoms with E-state index in [-0.39, 0.29) is 17.4 Å². The number of nitrogens with one attached hydrogen (secondary N) is 1. The van der Waals surface area contributed by atoms with E-state index in [0.29, 0.717) is 25.3 Å². The number of amides is 1. The highest BCUT2D eigenvalue weighted by Crippen LogP contribution is 2.27. The minimum Gasteiger partial charge on any atom is -0.379 e. The van der Waals surface area contributed by atoms with Gasteiger partial charge in [-0.25, -0.2) is 0 Å². The number of hydrogen-bond donors (Lipinski definition) is 1. The number of aryl methyl sites for hydroxylation is 2. The van der Waals surface area contributed by atoms with E-state index in [1.54, 1.807) is 0 Å². The van der Waals surface area contributed by atoms with E-state index in [1.165, 1.54) is 0 Å². The predicted octanol–water partition coefficient (Wildman–Crippen LogP) is 2.70. The highest BCUT2D eigenvalue weighted by Gasteiger charge is 2.36. The molecule has 1 aromatic carbocycles. The van der Waals surface area contributed by atoms with Gasteiger partial charge in [-0.3, -0.25) is 9.48 Å². The molecule has 0 radical (unpaired) electrons. The molecule has 0 bridgehead atoms. The molecule has 128 valence electrons. The van der Waals surface area contributed by atoms with Gasteiger partial charge >= 0.3 is 0 Å². The Balaban J connectivity index is 1.66. The van der Waals surface area contributed by atoms with Crippen molar-refractivity contribution in [2.24, 2.45) is 5.41 Å². The van der Waals surface area contributed by atoms with Crippen LogP contribution >= 0.6 is 0 Å². The molecule has 0 spiro atoms. The van der Waals surface area contributed by atoms with Gasteiger partial charge in [0.05, 0.1) is 31.5 Å². The summed E-state index contributed by atoms with van der Waals surface area (Å²) in [7, 11) is 0. The van der Waals surface area contributed by atoms with Crippen LogP contribution in [0, 0.1) is 19.3 Å². The van der Waals surface area contributed by atoms with Gasteiger partial charge in [-0.15, -0.1) is 0 Å². The summed E-state index contributed by atoms with van der Waals surface area (Å²) in [6, 6.07) is 9.84. The highest BCUT2D eigenvalue weighted by atomic mass is 16.5. The quantitative estimate of drug-likeness (QED) is 0.939. The van der Waals surface area contributed by atoms with E-state index < -0.39 is 0 Å². The molecule has 1 aliphatic rings. The molecule has 3 rings (SSSR count). The molecule has 5 heteroatoms. The second kappa shape index (κ2) is 6.40. The van der Waals surface area contributed by atoms with Crippen LogP contribution in [0.3, 0.4) is 0 Å². The Morgan fingerprint density at radius 2 is 2.04 bits per heavy atom. The van der Waals surface area contributed by atoms with Gasteiger partial charge in [-0.05, 0) is 37.6 Å². The lowest BCUT2D eigenvalue weighted by molar-refractivity contribution is 0.0915. The average Bonchev–Trinajstić information content (AvgIpc) is 3.01. The normalized spacial score (nSPS) is 19.4. The average molecular weight is 327 g/mol. The molecule has 5 nitrogen and oxygen atoms in total. The SMILES string of the molecule is Cc1cc(C)n(Cc2ccc(C(=O)NC3COCC3(C)C)cc2)n1. The zero-order chi connectivity index (χ0) is 17.3. The Labute approximate surface area is 143 Å². The molecule has 2 aromatic rings. The summed E-state index contributed by atoms with van der Waals surface area (Å²) in [6.45, 7) is 10.2. The molecule has 0 saturated carbocycles. The van der Waals surface area contributed by atoms with Crippen molar-refractivity contribution in [3.63, 3.8) is 0 Å². The maximum absolute atomic E-state index is 12.4. The van der Waals surface area contributed by atoms with Gasteiger partial charge in [0, 0.05) is 16.7 Å². The maximum atomic E-state index is 12.4. The van der Waals surface area contributed by atoms with Crippen LogP contribution in [0.5, 0.6) is 0 Å². The molecule has 1 unspecified atom stereocenters. The number of hydrogen-bond acceptors (Lipinski definition) is 3. The summed E-state index contributed by atoms with van der Waals surface area (Å²) in [4.78, 5) is 12.4. The first kappa shape index (κ1) is 16.7. The van der Waals surface area contributed by atoms with Crippen molar-refractivity contribution in [1.82, 2.24) is 15.1 Å². The van der Waals surface area contributed by atoms with Crippen molar-refractivity contribution in [2.45, 2.75) is 40.3 Å². The fourth-order valence-electron chi connectivity index (χ4n) is 3.01. The third-order valence-electron chi connectivity index (χ3n) is 4.66. The molecule has 0 aliphatic carbocycles. The van der Waals surface area contributed by atoms with Gasteiger partial charge < -0.3 is 10.1 Å². The molecule has 1 N–H and O–H groups in total. The third kappa shape index (κ3) is 3.51. The molecule has 1 atom stereocenters. The molecule has 24 heavy (non-hydrogen) atoms. The van der Waals surface area contributed by atoms with Gasteiger partial charge in [0.25, 0.3) is 5.91 Å². The number of aromatic nitrogens is 2. The minimum atomic E-state index is -0.0451. The Bertz CT molecular complexity index is 732. The molecule has 1 aliphatic heterocycles. The summed E-state index contributed by atoms with van der Waals surface area (Å²) in [5, 5.41) is 7.56. The first-order chi connectivity index (χ1) is 11.3. The number of rotatable bonds is 4. The molecule has 1 aromatic heterocycles. The van der Waals surface area contributed by atoms with Crippen LogP contribution in [0.25, 0.3) is 0 Å². The lowest BCUT2D eigenvalue weighted by atomic mass is 9.88. The Kier molecular flexibility index (Phi) is 4.45. The summed E-state index contributed by atoms with van der Waals surface area (Å²) in [6.07, 6.45) is 0. The van der Waals surface area contributed by atoms with Crippen LogP contribution < -0.4 is 5.32 Å². The number of ether oxygens (including phenoxy) is 1. The van der Waals surface area contributed by atoms with E-state index in [0.717, 1.165) is 17.0 Å². The van der Waals surface area contributed by atoms with Crippen molar-refractivity contribution in [2.75, 3.05) is 13.2 Å². The Hall–Kier alpha value is -2.14. The van der Waals surface area contributed by atoms with Crippen LogP contribution in [0.1, 0.15) is 41.2 Å². The zero-order valence-electron chi connectivity index (χ0n) is 14.8. The molecule has 1 fully saturated rings. The van der Waals surface area contributed by atoms with E-state index in [1.807, 2.05) is 42.8 Å². The highest BCUT2D eigenvalue weighted by molar-refractivity contribution is 5.94. The van der Waals surface area contributed by atoms with Crippen molar-refractivity contribution in [3.8, 4) is 0 Å². The second-order valence-corrected chi connectivity index (χ2v) is 7.31. The molecule has 1 saturated heterocycles. The van der Waals surface area contributed by atoms with E-state index in [2.05, 4.69) is 30.3 Å². The summed E-state index contributed by atoms with van der Waals surface area (Å²) >= 11 is 0. The van der Waals surface area contributed by atoms with Crippen LogP contribution in [0.15, 0.2) is 30.3 Å². The van der Waals surface area contributed by atoms with Crippen LogP contribution in [-0.4, -0.2) is 34.9 Å². The largest absolute Gasteiger partial charge is 0.379 e. The number of nitrogens with zero attached hydrogens (tertiary/aromatic N) is 2. The van der Waals surface area contributed by atoms with Crippen molar-refractivity contribution in [3.05, 3.63) is 52.8 Å². The van der Waals surface area contributed by atoms with E-state index in [4.69, 9.17) is 4.74 Å². The fraction of sp³-hybridized carbons (Fsp3) is 0.474. The lowest BCUT2D eigenvalue weighted by Crippen LogP contribution is -2.44. The van der Waals surface area contributed by atoms with Gasteiger partial charge in [-0.2, -0.15) is 5.10 Å².